The number of ether oxygens (including phenoxy) is 2. The normalized spacial score (nSPS) is 19.9. The second-order valence-corrected chi connectivity index (χ2v) is 5.92. The fourth-order valence-electron chi connectivity index (χ4n) is 2.11. The first-order valence-corrected chi connectivity index (χ1v) is 7.16. The van der Waals surface area contributed by atoms with Gasteiger partial charge in [-0.3, -0.25) is 4.90 Å². The Bertz CT molecular complexity index is 315. The molecule has 1 aliphatic heterocycles. The molecule has 0 aromatic heterocycles. The quantitative estimate of drug-likeness (QED) is 0.562. The fourth-order valence-corrected chi connectivity index (χ4v) is 2.11. The van der Waals surface area contributed by atoms with Crippen LogP contribution < -0.4 is 5.32 Å². The number of nitrogens with zero attached hydrogens (tertiary/aromatic N) is 1. The smallest absolute Gasteiger partial charge is 0.407 e. The maximum atomic E-state index is 11.3. The summed E-state index contributed by atoms with van der Waals surface area (Å²) in [6, 6.07) is 0.0542. The highest BCUT2D eigenvalue weighted by atomic mass is 16.6. The first-order chi connectivity index (χ1) is 9.42. The molecule has 20 heavy (non-hydrogen) atoms. The van der Waals surface area contributed by atoms with E-state index in [0.29, 0.717) is 19.8 Å². The number of alkyl carbamates (subject to hydrolysis) is 1. The predicted octanol–water partition coefficient (Wildman–Crippen LogP) is 1.19. The highest BCUT2D eigenvalue weighted by molar-refractivity contribution is 5.67. The molecule has 6 nitrogen and oxygen atoms in total. The maximum absolute atomic E-state index is 11.3. The number of rotatable bonds is 7. The molecule has 0 radical (unpaired) electrons. The molecule has 0 aromatic carbocycles. The van der Waals surface area contributed by atoms with E-state index in [9.17, 15) is 9.59 Å². The zero-order valence-corrected chi connectivity index (χ0v) is 12.7. The molecule has 1 atom stereocenters. The summed E-state index contributed by atoms with van der Waals surface area (Å²) in [4.78, 5) is 24.3. The summed E-state index contributed by atoms with van der Waals surface area (Å²) in [7, 11) is 0. The van der Waals surface area contributed by atoms with Crippen molar-refractivity contribution in [3.63, 3.8) is 0 Å². The van der Waals surface area contributed by atoms with Crippen LogP contribution in [0.4, 0.5) is 4.79 Å². The molecule has 1 N–H and O–H groups in total. The second-order valence-electron chi connectivity index (χ2n) is 5.92. The molecule has 0 aromatic rings. The zero-order chi connectivity index (χ0) is 15.0. The lowest BCUT2D eigenvalue weighted by molar-refractivity contribution is -0.111. The minimum Gasteiger partial charge on any atom is -0.444 e. The highest BCUT2D eigenvalue weighted by Gasteiger charge is 2.23. The van der Waals surface area contributed by atoms with Gasteiger partial charge in [-0.2, -0.15) is 0 Å². The number of nitrogens with one attached hydrogen (secondary N) is 1. The molecule has 0 aliphatic carbocycles. The van der Waals surface area contributed by atoms with Gasteiger partial charge in [0, 0.05) is 13.1 Å². The van der Waals surface area contributed by atoms with Crippen molar-refractivity contribution in [1.82, 2.24) is 10.2 Å². The van der Waals surface area contributed by atoms with Gasteiger partial charge in [0.15, 0.2) is 0 Å². The number of carbonyl (C=O) groups is 2. The van der Waals surface area contributed by atoms with Gasteiger partial charge in [0.05, 0.1) is 19.3 Å². The lowest BCUT2D eigenvalue weighted by Crippen LogP contribution is -2.35. The van der Waals surface area contributed by atoms with Crippen LogP contribution >= 0.6 is 0 Å². The highest BCUT2D eigenvalue weighted by Crippen LogP contribution is 2.14. The van der Waals surface area contributed by atoms with Crippen molar-refractivity contribution in [3.05, 3.63) is 0 Å². The van der Waals surface area contributed by atoms with Crippen molar-refractivity contribution < 1.29 is 19.1 Å². The van der Waals surface area contributed by atoms with Gasteiger partial charge in [-0.25, -0.2) is 4.79 Å². The first-order valence-electron chi connectivity index (χ1n) is 7.16. The molecule has 1 amide bonds. The summed E-state index contributed by atoms with van der Waals surface area (Å²) in [5.41, 5.74) is -0.482. The standard InChI is InChI=1S/C14H26N2O4/c1-14(2,3)20-13(18)15-6-9-19-10-8-16-7-4-5-12(16)11-17/h11-12H,4-10H2,1-3H3,(H,15,18). The van der Waals surface area contributed by atoms with Crippen molar-refractivity contribution in [1.29, 1.82) is 0 Å². The molecule has 1 heterocycles. The van der Waals surface area contributed by atoms with Crippen LogP contribution in [0.2, 0.25) is 0 Å². The van der Waals surface area contributed by atoms with Crippen LogP contribution in [0.15, 0.2) is 0 Å². The van der Waals surface area contributed by atoms with Gasteiger partial charge in [0.1, 0.15) is 11.9 Å². The fraction of sp³-hybridized carbons (Fsp3) is 0.857. The number of hydrogen-bond acceptors (Lipinski definition) is 5. The predicted molar refractivity (Wildman–Crippen MR) is 75.7 cm³/mol. The van der Waals surface area contributed by atoms with E-state index in [4.69, 9.17) is 9.47 Å². The Labute approximate surface area is 120 Å². The third-order valence-electron chi connectivity index (χ3n) is 3.01. The summed E-state index contributed by atoms with van der Waals surface area (Å²) >= 11 is 0. The largest absolute Gasteiger partial charge is 0.444 e. The topological polar surface area (TPSA) is 67.9 Å². The van der Waals surface area contributed by atoms with Crippen molar-refractivity contribution in [2.24, 2.45) is 0 Å². The van der Waals surface area contributed by atoms with Gasteiger partial charge in [0.25, 0.3) is 0 Å². The molecule has 0 bridgehead atoms. The molecule has 1 unspecified atom stereocenters. The monoisotopic (exact) mass is 286 g/mol. The zero-order valence-electron chi connectivity index (χ0n) is 12.7. The Kier molecular flexibility index (Phi) is 6.95. The number of aldehydes is 1. The van der Waals surface area contributed by atoms with Crippen LogP contribution in [0.25, 0.3) is 0 Å². The Balaban J connectivity index is 2.00. The van der Waals surface area contributed by atoms with Crippen molar-refractivity contribution >= 4 is 12.4 Å². The molecule has 0 spiro atoms. The van der Waals surface area contributed by atoms with Crippen molar-refractivity contribution in [2.45, 2.75) is 45.3 Å². The van der Waals surface area contributed by atoms with E-state index in [2.05, 4.69) is 10.2 Å². The van der Waals surface area contributed by atoms with Gasteiger partial charge in [-0.05, 0) is 40.2 Å². The summed E-state index contributed by atoms with van der Waals surface area (Å²) in [6.45, 7) is 8.62. The van der Waals surface area contributed by atoms with Gasteiger partial charge >= 0.3 is 6.09 Å². The van der Waals surface area contributed by atoms with Gasteiger partial charge in [-0.1, -0.05) is 0 Å². The van der Waals surface area contributed by atoms with Gasteiger partial charge < -0.3 is 19.6 Å². The number of likely N-dealkylation sites (tertiary alicyclic amines) is 1. The minimum atomic E-state index is -0.482. The van der Waals surface area contributed by atoms with E-state index in [-0.39, 0.29) is 6.04 Å². The third-order valence-corrected chi connectivity index (χ3v) is 3.01. The second kappa shape index (κ2) is 8.21. The Hall–Kier alpha value is -1.14. The molecule has 1 saturated heterocycles. The summed E-state index contributed by atoms with van der Waals surface area (Å²) < 4.78 is 10.5. The number of hydrogen-bond donors (Lipinski definition) is 1. The average Bonchev–Trinajstić information content (AvgIpc) is 2.78. The summed E-state index contributed by atoms with van der Waals surface area (Å²) in [6.07, 6.45) is 2.60. The van der Waals surface area contributed by atoms with Gasteiger partial charge in [-0.15, -0.1) is 0 Å². The summed E-state index contributed by atoms with van der Waals surface area (Å²) in [5.74, 6) is 0. The van der Waals surface area contributed by atoms with E-state index in [1.807, 2.05) is 20.8 Å². The van der Waals surface area contributed by atoms with E-state index < -0.39 is 11.7 Å². The lowest BCUT2D eigenvalue weighted by atomic mass is 10.2. The van der Waals surface area contributed by atoms with Crippen LogP contribution in [0, 0.1) is 0 Å². The van der Waals surface area contributed by atoms with E-state index >= 15 is 0 Å². The SMILES string of the molecule is CC(C)(C)OC(=O)NCCOCCN1CCCC1C=O. The van der Waals surface area contributed by atoms with Crippen LogP contribution in [0.5, 0.6) is 0 Å². The van der Waals surface area contributed by atoms with E-state index in [1.54, 1.807) is 0 Å². The molecule has 1 rings (SSSR count). The minimum absolute atomic E-state index is 0.0542. The third kappa shape index (κ3) is 6.86. The number of carbonyl (C=O) groups excluding carboxylic acids is 2. The summed E-state index contributed by atoms with van der Waals surface area (Å²) in [5, 5.41) is 2.63. The molecule has 116 valence electrons. The first kappa shape index (κ1) is 16.9. The van der Waals surface area contributed by atoms with E-state index in [0.717, 1.165) is 32.2 Å². The van der Waals surface area contributed by atoms with Crippen LogP contribution in [-0.2, 0) is 14.3 Å². The van der Waals surface area contributed by atoms with Crippen molar-refractivity contribution in [3.8, 4) is 0 Å². The number of amides is 1. The van der Waals surface area contributed by atoms with Gasteiger partial charge in [0.2, 0.25) is 0 Å². The molecule has 1 fully saturated rings. The van der Waals surface area contributed by atoms with Crippen LogP contribution in [-0.4, -0.2) is 61.8 Å². The molecule has 1 aliphatic rings. The Morgan fingerprint density at radius 2 is 2.15 bits per heavy atom. The molecular formula is C14H26N2O4. The Morgan fingerprint density at radius 1 is 1.40 bits per heavy atom. The molecule has 6 heteroatoms. The van der Waals surface area contributed by atoms with Crippen molar-refractivity contribution in [2.75, 3.05) is 32.8 Å². The van der Waals surface area contributed by atoms with Crippen LogP contribution in [0.1, 0.15) is 33.6 Å². The lowest BCUT2D eigenvalue weighted by Gasteiger charge is -2.20. The molecular weight excluding hydrogens is 260 g/mol. The molecule has 0 saturated carbocycles. The van der Waals surface area contributed by atoms with Crippen LogP contribution in [0.3, 0.4) is 0 Å². The maximum Gasteiger partial charge on any atom is 0.407 e. The Morgan fingerprint density at radius 3 is 2.80 bits per heavy atom. The van der Waals surface area contributed by atoms with E-state index in [1.165, 1.54) is 0 Å². The average molecular weight is 286 g/mol.